The molecule has 2 N–H and O–H groups in total. The molecule has 0 bridgehead atoms. The van der Waals surface area contributed by atoms with Crippen LogP contribution in [0.4, 0.5) is 10.2 Å². The van der Waals surface area contributed by atoms with Gasteiger partial charge in [0.25, 0.3) is 0 Å². The molecule has 1 aliphatic rings. The summed E-state index contributed by atoms with van der Waals surface area (Å²) in [7, 11) is 1.57. The molecule has 31 heavy (non-hydrogen) atoms. The maximum Gasteiger partial charge on any atom is 0.151 e. The number of hydrogen-bond acceptors (Lipinski definition) is 7. The van der Waals surface area contributed by atoms with Crippen molar-refractivity contribution in [2.75, 3.05) is 18.6 Å². The standard InChI is InChI=1S/C23H28FN5OS/c1-4-5-6-20-18(25)9-10-29(20)23-8-7-19(27-28-23)16-11-17(24)15(12-21(16)30-3)22-13-26-14(2)31-22/h7-8,11-13,18,20H,4-6,9-10,25H2,1-3H3. The molecule has 1 aliphatic heterocycles. The summed E-state index contributed by atoms with van der Waals surface area (Å²) in [5.74, 6) is 1.03. The average molecular weight is 442 g/mol. The molecule has 4 rings (SSSR count). The Bertz CT molecular complexity index is 1040. The molecule has 3 aromatic rings. The van der Waals surface area contributed by atoms with Crippen molar-refractivity contribution in [1.29, 1.82) is 0 Å². The van der Waals surface area contributed by atoms with Crippen LogP contribution in [0.3, 0.4) is 0 Å². The number of rotatable bonds is 7. The van der Waals surface area contributed by atoms with Crippen LogP contribution in [0, 0.1) is 12.7 Å². The first-order valence-corrected chi connectivity index (χ1v) is 11.5. The summed E-state index contributed by atoms with van der Waals surface area (Å²) in [4.78, 5) is 7.25. The van der Waals surface area contributed by atoms with Crippen LogP contribution in [-0.4, -0.2) is 40.9 Å². The van der Waals surface area contributed by atoms with Crippen LogP contribution in [0.15, 0.2) is 30.5 Å². The Labute approximate surface area is 186 Å². The fraction of sp³-hybridized carbons (Fsp3) is 0.435. The predicted octanol–water partition coefficient (Wildman–Crippen LogP) is 4.82. The molecule has 0 radical (unpaired) electrons. The Balaban J connectivity index is 1.62. The van der Waals surface area contributed by atoms with Crippen LogP contribution < -0.4 is 15.4 Å². The lowest BCUT2D eigenvalue weighted by molar-refractivity contribution is 0.415. The topological polar surface area (TPSA) is 77.2 Å². The maximum atomic E-state index is 14.9. The van der Waals surface area contributed by atoms with E-state index in [-0.39, 0.29) is 17.9 Å². The summed E-state index contributed by atoms with van der Waals surface area (Å²) in [6, 6.07) is 7.42. The summed E-state index contributed by atoms with van der Waals surface area (Å²) < 4.78 is 20.5. The van der Waals surface area contributed by atoms with Crippen molar-refractivity contribution in [3.63, 3.8) is 0 Å². The number of unbranched alkanes of at least 4 members (excludes halogenated alkanes) is 1. The van der Waals surface area contributed by atoms with E-state index in [1.807, 2.05) is 19.1 Å². The van der Waals surface area contributed by atoms with Gasteiger partial charge < -0.3 is 15.4 Å². The lowest BCUT2D eigenvalue weighted by atomic mass is 10.0. The van der Waals surface area contributed by atoms with Gasteiger partial charge in [0.05, 0.1) is 22.7 Å². The molecule has 1 fully saturated rings. The highest BCUT2D eigenvalue weighted by Gasteiger charge is 2.32. The van der Waals surface area contributed by atoms with Gasteiger partial charge in [-0.1, -0.05) is 19.8 Å². The molecule has 3 heterocycles. The van der Waals surface area contributed by atoms with E-state index in [2.05, 4.69) is 27.0 Å². The number of thiazole rings is 1. The minimum Gasteiger partial charge on any atom is -0.496 e. The number of nitrogens with zero attached hydrogens (tertiary/aromatic N) is 4. The molecule has 6 nitrogen and oxygen atoms in total. The summed E-state index contributed by atoms with van der Waals surface area (Å²) in [5, 5.41) is 9.74. The van der Waals surface area contributed by atoms with Gasteiger partial charge in [-0.25, -0.2) is 9.37 Å². The highest BCUT2D eigenvalue weighted by Crippen LogP contribution is 2.37. The van der Waals surface area contributed by atoms with Crippen molar-refractivity contribution in [3.8, 4) is 27.4 Å². The normalized spacial score (nSPS) is 18.5. The first-order chi connectivity index (χ1) is 15.0. The van der Waals surface area contributed by atoms with Crippen LogP contribution in [0.5, 0.6) is 5.75 Å². The van der Waals surface area contributed by atoms with Gasteiger partial charge in [0.1, 0.15) is 11.6 Å². The molecule has 0 spiro atoms. The SMILES string of the molecule is CCCCC1C(N)CCN1c1ccc(-c2cc(F)c(-c3cnc(C)s3)cc2OC)nn1. The van der Waals surface area contributed by atoms with Crippen molar-refractivity contribution in [2.24, 2.45) is 5.73 Å². The molecule has 2 unspecified atom stereocenters. The third-order valence-corrected chi connectivity index (χ3v) is 6.79. The smallest absolute Gasteiger partial charge is 0.151 e. The number of ether oxygens (including phenoxy) is 1. The van der Waals surface area contributed by atoms with E-state index in [1.165, 1.54) is 17.4 Å². The Morgan fingerprint density at radius 1 is 1.26 bits per heavy atom. The van der Waals surface area contributed by atoms with Gasteiger partial charge in [0.2, 0.25) is 0 Å². The van der Waals surface area contributed by atoms with Gasteiger partial charge in [0.15, 0.2) is 5.82 Å². The molecule has 1 aromatic carbocycles. The van der Waals surface area contributed by atoms with Crippen LogP contribution >= 0.6 is 11.3 Å². The Morgan fingerprint density at radius 3 is 2.74 bits per heavy atom. The quantitative estimate of drug-likeness (QED) is 0.566. The van der Waals surface area contributed by atoms with Crippen molar-refractivity contribution >= 4 is 17.2 Å². The summed E-state index contributed by atoms with van der Waals surface area (Å²) >= 11 is 1.45. The van der Waals surface area contributed by atoms with Crippen molar-refractivity contribution in [1.82, 2.24) is 15.2 Å². The van der Waals surface area contributed by atoms with Gasteiger partial charge in [-0.3, -0.25) is 0 Å². The van der Waals surface area contributed by atoms with Gasteiger partial charge in [0, 0.05) is 36.0 Å². The zero-order valence-electron chi connectivity index (χ0n) is 18.1. The molecular weight excluding hydrogens is 413 g/mol. The average Bonchev–Trinajstić information content (AvgIpc) is 3.37. The predicted molar refractivity (Wildman–Crippen MR) is 123 cm³/mol. The molecular formula is C23H28FN5OS. The molecule has 2 aromatic heterocycles. The van der Waals surface area contributed by atoms with Gasteiger partial charge in [-0.15, -0.1) is 21.5 Å². The van der Waals surface area contributed by atoms with E-state index in [9.17, 15) is 4.39 Å². The summed E-state index contributed by atoms with van der Waals surface area (Å²) in [6.45, 7) is 4.96. The molecule has 164 valence electrons. The summed E-state index contributed by atoms with van der Waals surface area (Å²) in [5.41, 5.74) is 7.95. The maximum absolute atomic E-state index is 14.9. The minimum absolute atomic E-state index is 0.158. The van der Waals surface area contributed by atoms with Crippen LogP contribution in [-0.2, 0) is 0 Å². The zero-order valence-corrected chi connectivity index (χ0v) is 19.0. The number of nitrogens with two attached hydrogens (primary N) is 1. The third-order valence-electron chi connectivity index (χ3n) is 5.85. The molecule has 0 saturated carbocycles. The fourth-order valence-corrected chi connectivity index (χ4v) is 4.96. The number of benzene rings is 1. The largest absolute Gasteiger partial charge is 0.496 e. The van der Waals surface area contributed by atoms with Gasteiger partial charge in [-0.2, -0.15) is 0 Å². The first-order valence-electron chi connectivity index (χ1n) is 10.7. The second kappa shape index (κ2) is 9.28. The second-order valence-corrected chi connectivity index (χ2v) is 9.14. The highest BCUT2D eigenvalue weighted by atomic mass is 32.1. The Kier molecular flexibility index (Phi) is 6.48. The zero-order chi connectivity index (χ0) is 22.0. The van der Waals surface area contributed by atoms with Crippen LogP contribution in [0.25, 0.3) is 21.7 Å². The van der Waals surface area contributed by atoms with E-state index < -0.39 is 0 Å². The van der Waals surface area contributed by atoms with Crippen LogP contribution in [0.2, 0.25) is 0 Å². The van der Waals surface area contributed by atoms with Gasteiger partial charge in [-0.05, 0) is 44.0 Å². The van der Waals surface area contributed by atoms with Crippen molar-refractivity contribution < 1.29 is 9.13 Å². The fourth-order valence-electron chi connectivity index (χ4n) is 4.16. The van der Waals surface area contributed by atoms with E-state index in [1.54, 1.807) is 19.4 Å². The second-order valence-electron chi connectivity index (χ2n) is 7.91. The van der Waals surface area contributed by atoms with Crippen molar-refractivity contribution in [2.45, 2.75) is 51.6 Å². The lowest BCUT2D eigenvalue weighted by Gasteiger charge is -2.27. The molecule has 0 amide bonds. The molecule has 0 aliphatic carbocycles. The van der Waals surface area contributed by atoms with E-state index in [0.717, 1.165) is 47.9 Å². The molecule has 1 saturated heterocycles. The first kappa shape index (κ1) is 21.6. The number of methoxy groups -OCH3 is 1. The van der Waals surface area contributed by atoms with Crippen LogP contribution in [0.1, 0.15) is 37.6 Å². The van der Waals surface area contributed by atoms with Crippen molar-refractivity contribution in [3.05, 3.63) is 41.3 Å². The summed E-state index contributed by atoms with van der Waals surface area (Å²) in [6.07, 6.45) is 5.97. The number of aromatic nitrogens is 3. The third kappa shape index (κ3) is 4.41. The minimum atomic E-state index is -0.338. The number of anilines is 1. The number of aryl methyl sites for hydroxylation is 1. The lowest BCUT2D eigenvalue weighted by Crippen LogP contribution is -2.39. The van der Waals surface area contributed by atoms with Gasteiger partial charge >= 0.3 is 0 Å². The highest BCUT2D eigenvalue weighted by molar-refractivity contribution is 7.15. The molecule has 2 atom stereocenters. The monoisotopic (exact) mass is 441 g/mol. The Morgan fingerprint density at radius 2 is 2.10 bits per heavy atom. The molecule has 8 heteroatoms. The van der Waals surface area contributed by atoms with E-state index >= 15 is 0 Å². The van der Waals surface area contributed by atoms with E-state index in [4.69, 9.17) is 10.5 Å². The number of halogens is 1. The van der Waals surface area contributed by atoms with E-state index in [0.29, 0.717) is 22.6 Å². The Hall–Kier alpha value is -2.58. The number of hydrogen-bond donors (Lipinski definition) is 1.